The van der Waals surface area contributed by atoms with E-state index in [2.05, 4.69) is 0 Å². The number of anilines is 1. The van der Waals surface area contributed by atoms with E-state index in [0.29, 0.717) is 18.7 Å². The third kappa shape index (κ3) is 2.84. The average Bonchev–Trinajstić information content (AvgIpc) is 2.70. The van der Waals surface area contributed by atoms with Crippen LogP contribution in [0.5, 0.6) is 0 Å². The molecule has 0 saturated carbocycles. The molecule has 2 rings (SSSR count). The second kappa shape index (κ2) is 5.27. The van der Waals surface area contributed by atoms with Crippen LogP contribution in [-0.2, 0) is 4.79 Å². The van der Waals surface area contributed by atoms with Crippen molar-refractivity contribution in [1.29, 1.82) is 0 Å². The molecule has 1 aliphatic rings. The Morgan fingerprint density at radius 3 is 2.95 bits per heavy atom. The zero-order chi connectivity index (χ0) is 14.0. The first-order valence-electron chi connectivity index (χ1n) is 5.59. The highest BCUT2D eigenvalue weighted by Crippen LogP contribution is 2.29. The number of benzene rings is 1. The fourth-order valence-electron chi connectivity index (χ4n) is 1.96. The first-order valence-corrected chi connectivity index (χ1v) is 6.47. The van der Waals surface area contributed by atoms with E-state index in [1.165, 1.54) is 17.0 Å². The van der Waals surface area contributed by atoms with Crippen molar-refractivity contribution >= 4 is 34.2 Å². The zero-order valence-electron chi connectivity index (χ0n) is 9.98. The molecule has 0 aliphatic carbocycles. The van der Waals surface area contributed by atoms with E-state index in [1.54, 1.807) is 12.1 Å². The van der Waals surface area contributed by atoms with Crippen LogP contribution < -0.4 is 16.0 Å². The van der Waals surface area contributed by atoms with Gasteiger partial charge in [-0.15, -0.1) is 0 Å². The summed E-state index contributed by atoms with van der Waals surface area (Å²) in [4.78, 5) is 23.9. The van der Waals surface area contributed by atoms with Gasteiger partial charge in [0.25, 0.3) is 5.69 Å². The van der Waals surface area contributed by atoms with Gasteiger partial charge in [-0.1, -0.05) is 6.07 Å². The molecule has 0 aromatic heterocycles. The molecular weight excluding hydrogens is 268 g/mol. The quantitative estimate of drug-likeness (QED) is 0.335. The van der Waals surface area contributed by atoms with Crippen molar-refractivity contribution in [2.75, 3.05) is 11.4 Å². The number of thioether (sulfide) groups is 1. The molecule has 1 saturated heterocycles. The highest BCUT2D eigenvalue weighted by Gasteiger charge is 2.35. The van der Waals surface area contributed by atoms with Gasteiger partial charge in [0, 0.05) is 18.7 Å². The average molecular weight is 281 g/mol. The number of carbonyl (C=O) groups excluding carboxylic acids is 1. The van der Waals surface area contributed by atoms with Crippen LogP contribution >= 0.6 is 11.8 Å². The molecule has 0 spiro atoms. The van der Waals surface area contributed by atoms with Crippen molar-refractivity contribution in [2.24, 2.45) is 5.73 Å². The largest absolute Gasteiger partial charge is 0.311 e. The van der Waals surface area contributed by atoms with Crippen molar-refractivity contribution in [3.05, 3.63) is 34.4 Å². The first-order chi connectivity index (χ1) is 8.99. The lowest BCUT2D eigenvalue weighted by molar-refractivity contribution is -0.384. The van der Waals surface area contributed by atoms with Gasteiger partial charge in [-0.2, -0.15) is 0 Å². The van der Waals surface area contributed by atoms with Crippen molar-refractivity contribution in [3.63, 3.8) is 0 Å². The van der Waals surface area contributed by atoms with Crippen molar-refractivity contribution < 1.29 is 15.1 Å². The Kier molecular flexibility index (Phi) is 3.70. The monoisotopic (exact) mass is 281 g/mol. The van der Waals surface area contributed by atoms with Crippen LogP contribution in [0.3, 0.4) is 0 Å². The molecule has 1 aromatic rings. The van der Waals surface area contributed by atoms with Gasteiger partial charge < -0.3 is 4.90 Å². The van der Waals surface area contributed by atoms with Gasteiger partial charge >= 0.3 is 5.17 Å². The van der Waals surface area contributed by atoms with E-state index >= 15 is 0 Å². The third-order valence-electron chi connectivity index (χ3n) is 2.79. The third-order valence-corrected chi connectivity index (χ3v) is 3.78. The number of nitro benzene ring substituents is 1. The second-order valence-electron chi connectivity index (χ2n) is 4.06. The minimum atomic E-state index is -0.484. The minimum absolute atomic E-state index is 0.0358. The molecule has 1 aromatic carbocycles. The molecule has 1 aliphatic heterocycles. The number of rotatable bonds is 3. The molecule has 1 fully saturated rings. The maximum absolute atomic E-state index is 12.1. The summed E-state index contributed by atoms with van der Waals surface area (Å²) in [6.45, 7) is 0.505. The molecule has 1 amide bonds. The van der Waals surface area contributed by atoms with Crippen LogP contribution in [0.25, 0.3) is 0 Å². The molecule has 1 atom stereocenters. The van der Waals surface area contributed by atoms with Crippen molar-refractivity contribution in [1.82, 2.24) is 0 Å². The Hall–Kier alpha value is -2.09. The summed E-state index contributed by atoms with van der Waals surface area (Å²) in [5, 5.41) is 15.9. The molecule has 1 unspecified atom stereocenters. The predicted molar refractivity (Wildman–Crippen MR) is 72.6 cm³/mol. The lowest BCUT2D eigenvalue weighted by atomic mass is 10.2. The van der Waals surface area contributed by atoms with Crippen LogP contribution in [0.4, 0.5) is 11.4 Å². The van der Waals surface area contributed by atoms with Crippen molar-refractivity contribution in [2.45, 2.75) is 11.7 Å². The van der Waals surface area contributed by atoms with Gasteiger partial charge in [-0.25, -0.2) is 0 Å². The first kappa shape index (κ1) is 13.3. The number of nitrogens with zero attached hydrogens (tertiary/aromatic N) is 2. The number of amidine groups is 1. The summed E-state index contributed by atoms with van der Waals surface area (Å²) in [6, 6.07) is 6.01. The fraction of sp³-hybridized carbons (Fsp3) is 0.273. The van der Waals surface area contributed by atoms with Crippen LogP contribution in [0.15, 0.2) is 24.3 Å². The van der Waals surface area contributed by atoms with E-state index in [9.17, 15) is 14.9 Å². The van der Waals surface area contributed by atoms with Gasteiger partial charge in [0.1, 0.15) is 0 Å². The number of hydrogen-bond donors (Lipinski definition) is 2. The summed E-state index contributed by atoms with van der Waals surface area (Å²) in [6.07, 6.45) is 0.615. The molecule has 8 heteroatoms. The Balaban J connectivity index is 2.19. The van der Waals surface area contributed by atoms with Gasteiger partial charge in [-0.05, 0) is 24.2 Å². The lowest BCUT2D eigenvalue weighted by Gasteiger charge is -2.15. The Bertz CT molecular complexity index is 548. The maximum Gasteiger partial charge on any atom is 0.300 e. The van der Waals surface area contributed by atoms with E-state index in [1.807, 2.05) is 0 Å². The van der Waals surface area contributed by atoms with Gasteiger partial charge in [0.15, 0.2) is 0 Å². The SMILES string of the molecule is NC(=[NH2+])SC1CCN(c2cccc([N+](=O)[O-])c2)C1=O. The number of nitrogens with two attached hydrogens (primary N) is 2. The molecule has 4 N–H and O–H groups in total. The Morgan fingerprint density at radius 1 is 1.58 bits per heavy atom. The fourth-order valence-corrected chi connectivity index (χ4v) is 2.74. The smallest absolute Gasteiger partial charge is 0.300 e. The molecule has 19 heavy (non-hydrogen) atoms. The standard InChI is InChI=1S/C11H12N4O3S/c12-11(13)19-9-4-5-14(10(9)16)7-2-1-3-8(6-7)15(17)18/h1-3,6,9H,4-5H2,(H3,12,13)/p+1. The number of non-ortho nitro benzene ring substituents is 1. The summed E-state index contributed by atoms with van der Waals surface area (Å²) in [5.74, 6) is -0.126. The molecule has 0 radical (unpaired) electrons. The maximum atomic E-state index is 12.1. The van der Waals surface area contributed by atoms with Gasteiger partial charge in [0.05, 0.1) is 15.9 Å². The van der Waals surface area contributed by atoms with Crippen molar-refractivity contribution in [3.8, 4) is 0 Å². The summed E-state index contributed by atoms with van der Waals surface area (Å²) in [7, 11) is 0. The van der Waals surface area contributed by atoms with Crippen LogP contribution in [0, 0.1) is 10.1 Å². The zero-order valence-corrected chi connectivity index (χ0v) is 10.8. The second-order valence-corrected chi connectivity index (χ2v) is 5.34. The predicted octanol–water partition coefficient (Wildman–Crippen LogP) is -0.493. The Morgan fingerprint density at radius 2 is 2.32 bits per heavy atom. The molecule has 1 heterocycles. The van der Waals surface area contributed by atoms with Crippen LogP contribution in [0.1, 0.15) is 6.42 Å². The lowest BCUT2D eigenvalue weighted by Crippen LogP contribution is -2.45. The summed E-state index contributed by atoms with van der Waals surface area (Å²) in [5.41, 5.74) is 5.87. The van der Waals surface area contributed by atoms with Crippen LogP contribution in [-0.4, -0.2) is 27.8 Å². The molecule has 7 nitrogen and oxygen atoms in total. The molecular formula is C11H13N4O3S+. The normalized spacial score (nSPS) is 18.6. The highest BCUT2D eigenvalue weighted by atomic mass is 32.2. The Labute approximate surface area is 113 Å². The highest BCUT2D eigenvalue weighted by molar-refractivity contribution is 8.14. The van der Waals surface area contributed by atoms with E-state index < -0.39 is 4.92 Å². The summed E-state index contributed by atoms with van der Waals surface area (Å²) >= 11 is 1.13. The summed E-state index contributed by atoms with van der Waals surface area (Å²) < 4.78 is 0. The number of carbonyl (C=O) groups is 1. The van der Waals surface area contributed by atoms with E-state index in [-0.39, 0.29) is 22.0 Å². The molecule has 100 valence electrons. The number of hydrogen-bond acceptors (Lipinski definition) is 4. The van der Waals surface area contributed by atoms with Gasteiger partial charge in [0.2, 0.25) is 5.91 Å². The minimum Gasteiger partial charge on any atom is -0.311 e. The van der Waals surface area contributed by atoms with E-state index in [4.69, 9.17) is 11.1 Å². The van der Waals surface area contributed by atoms with Crippen LogP contribution in [0.2, 0.25) is 0 Å². The van der Waals surface area contributed by atoms with Gasteiger partial charge in [-0.3, -0.25) is 26.1 Å². The number of nitro groups is 1. The number of amides is 1. The molecule has 0 bridgehead atoms. The van der Waals surface area contributed by atoms with E-state index in [0.717, 1.165) is 11.8 Å². The topological polar surface area (TPSA) is 115 Å².